The van der Waals surface area contributed by atoms with Gasteiger partial charge in [0.2, 0.25) is 5.91 Å². The lowest BCUT2D eigenvalue weighted by Gasteiger charge is -2.09. The molecule has 0 saturated carbocycles. The summed E-state index contributed by atoms with van der Waals surface area (Å²) in [5.41, 5.74) is 0.235. The molecule has 19 heavy (non-hydrogen) atoms. The lowest BCUT2D eigenvalue weighted by atomic mass is 10.2. The first kappa shape index (κ1) is 15.8. The molecular formula is C13H17F2NO2S. The van der Waals surface area contributed by atoms with Gasteiger partial charge in [-0.05, 0) is 12.5 Å². The number of rotatable bonds is 6. The van der Waals surface area contributed by atoms with Crippen molar-refractivity contribution in [3.63, 3.8) is 0 Å². The Labute approximate surface area is 114 Å². The molecule has 1 aromatic rings. The molecule has 0 aliphatic rings. The van der Waals surface area contributed by atoms with Crippen LogP contribution in [0.25, 0.3) is 0 Å². The minimum atomic E-state index is -1.25. The molecule has 0 aliphatic carbocycles. The molecule has 0 aromatic heterocycles. The first-order chi connectivity index (χ1) is 8.90. The van der Waals surface area contributed by atoms with E-state index in [0.29, 0.717) is 18.6 Å². The number of hydrogen-bond donors (Lipinski definition) is 0. The summed E-state index contributed by atoms with van der Waals surface area (Å²) < 4.78 is 37.8. The molecule has 0 aliphatic heterocycles. The summed E-state index contributed by atoms with van der Waals surface area (Å²) in [5.74, 6) is -0.982. The second-order valence-corrected chi connectivity index (χ2v) is 5.99. The summed E-state index contributed by atoms with van der Waals surface area (Å²) >= 11 is 0. The van der Waals surface area contributed by atoms with Gasteiger partial charge < -0.3 is 4.90 Å². The molecule has 1 unspecified atom stereocenters. The summed E-state index contributed by atoms with van der Waals surface area (Å²) in [4.78, 5) is 12.8. The van der Waals surface area contributed by atoms with Crippen LogP contribution in [-0.4, -0.2) is 34.9 Å². The van der Waals surface area contributed by atoms with Crippen molar-refractivity contribution in [1.29, 1.82) is 0 Å². The van der Waals surface area contributed by atoms with Crippen molar-refractivity contribution >= 4 is 16.7 Å². The summed E-state index contributed by atoms with van der Waals surface area (Å²) in [6.45, 7) is 0. The minimum absolute atomic E-state index is 0.0232. The second-order valence-electron chi connectivity index (χ2n) is 4.42. The van der Waals surface area contributed by atoms with Crippen molar-refractivity contribution < 1.29 is 17.8 Å². The molecule has 0 N–H and O–H groups in total. The summed E-state index contributed by atoms with van der Waals surface area (Å²) in [6.07, 6.45) is 0.817. The molecule has 0 fully saturated rings. The van der Waals surface area contributed by atoms with Gasteiger partial charge in [-0.1, -0.05) is 6.07 Å². The lowest BCUT2D eigenvalue weighted by Crippen LogP contribution is -2.21. The average Bonchev–Trinajstić information content (AvgIpc) is 2.32. The van der Waals surface area contributed by atoms with Crippen LogP contribution in [0.2, 0.25) is 0 Å². The highest BCUT2D eigenvalue weighted by atomic mass is 32.2. The van der Waals surface area contributed by atoms with Gasteiger partial charge in [-0.3, -0.25) is 9.00 Å². The van der Waals surface area contributed by atoms with Gasteiger partial charge in [0.25, 0.3) is 0 Å². The van der Waals surface area contributed by atoms with Crippen LogP contribution < -0.4 is 0 Å². The fourth-order valence-electron chi connectivity index (χ4n) is 1.49. The number of carbonyl (C=O) groups excluding carboxylic acids is 1. The van der Waals surface area contributed by atoms with Gasteiger partial charge >= 0.3 is 0 Å². The number of benzene rings is 1. The predicted octanol–water partition coefficient (Wildman–Crippen LogP) is 2.08. The van der Waals surface area contributed by atoms with Crippen molar-refractivity contribution in [2.45, 2.75) is 18.6 Å². The van der Waals surface area contributed by atoms with E-state index in [9.17, 15) is 17.8 Å². The Kier molecular flexibility index (Phi) is 6.08. The highest BCUT2D eigenvalue weighted by molar-refractivity contribution is 7.84. The average molecular weight is 289 g/mol. The van der Waals surface area contributed by atoms with Crippen LogP contribution in [0.4, 0.5) is 8.78 Å². The standard InChI is InChI=1S/C13H17F2NO2S/c1-16(2)13(17)4-3-7-19(18)9-10-5-6-11(14)8-12(10)15/h5-6,8H,3-4,7,9H2,1-2H3. The molecule has 1 amide bonds. The Bertz CT molecular complexity index is 478. The number of carbonyl (C=O) groups is 1. The summed E-state index contributed by atoms with van der Waals surface area (Å²) in [7, 11) is 2.07. The van der Waals surface area contributed by atoms with E-state index in [4.69, 9.17) is 0 Å². The van der Waals surface area contributed by atoms with Gasteiger partial charge in [0, 0.05) is 48.7 Å². The maximum atomic E-state index is 13.3. The Morgan fingerprint density at radius 2 is 2.00 bits per heavy atom. The number of amides is 1. The molecule has 1 aromatic carbocycles. The zero-order chi connectivity index (χ0) is 14.4. The molecule has 0 radical (unpaired) electrons. The summed E-state index contributed by atoms with van der Waals surface area (Å²) in [5, 5.41) is 0. The van der Waals surface area contributed by atoms with Crippen LogP contribution in [-0.2, 0) is 21.3 Å². The number of halogens is 2. The normalized spacial score (nSPS) is 12.2. The minimum Gasteiger partial charge on any atom is -0.349 e. The van der Waals surface area contributed by atoms with Crippen molar-refractivity contribution in [3.05, 3.63) is 35.4 Å². The van der Waals surface area contributed by atoms with E-state index < -0.39 is 22.4 Å². The van der Waals surface area contributed by atoms with E-state index in [0.717, 1.165) is 12.1 Å². The second kappa shape index (κ2) is 7.33. The van der Waals surface area contributed by atoms with Crippen LogP contribution in [0.1, 0.15) is 18.4 Å². The Balaban J connectivity index is 2.41. The van der Waals surface area contributed by atoms with Crippen LogP contribution >= 0.6 is 0 Å². The van der Waals surface area contributed by atoms with Crippen LogP contribution in [0.5, 0.6) is 0 Å². The van der Waals surface area contributed by atoms with E-state index in [2.05, 4.69) is 0 Å². The lowest BCUT2D eigenvalue weighted by molar-refractivity contribution is -0.128. The van der Waals surface area contributed by atoms with Gasteiger partial charge in [0.05, 0.1) is 5.75 Å². The third kappa shape index (κ3) is 5.46. The molecule has 6 heteroatoms. The highest BCUT2D eigenvalue weighted by Crippen LogP contribution is 2.12. The van der Waals surface area contributed by atoms with Crippen LogP contribution in [0, 0.1) is 11.6 Å². The first-order valence-corrected chi connectivity index (χ1v) is 7.38. The summed E-state index contributed by atoms with van der Waals surface area (Å²) in [6, 6.07) is 3.22. The van der Waals surface area contributed by atoms with Gasteiger partial charge in [-0.2, -0.15) is 0 Å². The highest BCUT2D eigenvalue weighted by Gasteiger charge is 2.09. The van der Waals surface area contributed by atoms with E-state index in [-0.39, 0.29) is 17.2 Å². The van der Waals surface area contributed by atoms with E-state index >= 15 is 0 Å². The molecule has 0 spiro atoms. The largest absolute Gasteiger partial charge is 0.349 e. The van der Waals surface area contributed by atoms with E-state index in [1.54, 1.807) is 14.1 Å². The Morgan fingerprint density at radius 3 is 2.58 bits per heavy atom. The molecule has 1 atom stereocenters. The van der Waals surface area contributed by atoms with Gasteiger partial charge in [0.1, 0.15) is 11.6 Å². The molecule has 0 saturated heterocycles. The molecule has 0 bridgehead atoms. The molecule has 106 valence electrons. The maximum absolute atomic E-state index is 13.3. The fraction of sp³-hybridized carbons (Fsp3) is 0.462. The van der Waals surface area contributed by atoms with E-state index in [1.807, 2.05) is 0 Å². The maximum Gasteiger partial charge on any atom is 0.222 e. The van der Waals surface area contributed by atoms with Gasteiger partial charge in [-0.15, -0.1) is 0 Å². The third-order valence-corrected chi connectivity index (χ3v) is 3.97. The topological polar surface area (TPSA) is 37.4 Å². The molecular weight excluding hydrogens is 272 g/mol. The van der Waals surface area contributed by atoms with Crippen LogP contribution in [0.3, 0.4) is 0 Å². The monoisotopic (exact) mass is 289 g/mol. The fourth-order valence-corrected chi connectivity index (χ4v) is 2.68. The zero-order valence-electron chi connectivity index (χ0n) is 11.0. The Hall–Kier alpha value is -1.30. The van der Waals surface area contributed by atoms with E-state index in [1.165, 1.54) is 11.0 Å². The van der Waals surface area contributed by atoms with Gasteiger partial charge in [0.15, 0.2) is 0 Å². The van der Waals surface area contributed by atoms with Crippen molar-refractivity contribution in [2.24, 2.45) is 0 Å². The van der Waals surface area contributed by atoms with Gasteiger partial charge in [-0.25, -0.2) is 8.78 Å². The zero-order valence-corrected chi connectivity index (χ0v) is 11.8. The SMILES string of the molecule is CN(C)C(=O)CCCS(=O)Cc1ccc(F)cc1F. The van der Waals surface area contributed by atoms with Crippen molar-refractivity contribution in [2.75, 3.05) is 19.8 Å². The van der Waals surface area contributed by atoms with Crippen molar-refractivity contribution in [3.8, 4) is 0 Å². The van der Waals surface area contributed by atoms with Crippen LogP contribution in [0.15, 0.2) is 18.2 Å². The Morgan fingerprint density at radius 1 is 1.32 bits per heavy atom. The third-order valence-electron chi connectivity index (χ3n) is 2.59. The predicted molar refractivity (Wildman–Crippen MR) is 71.0 cm³/mol. The molecule has 3 nitrogen and oxygen atoms in total. The number of hydrogen-bond acceptors (Lipinski definition) is 2. The molecule has 1 rings (SSSR count). The smallest absolute Gasteiger partial charge is 0.222 e. The quantitative estimate of drug-likeness (QED) is 0.804. The first-order valence-electron chi connectivity index (χ1n) is 5.89. The van der Waals surface area contributed by atoms with Crippen molar-refractivity contribution in [1.82, 2.24) is 4.90 Å². The molecule has 0 heterocycles. The number of nitrogens with zero attached hydrogens (tertiary/aromatic N) is 1.